The molecular formula is C20H21N3O2. The first-order valence-corrected chi connectivity index (χ1v) is 8.76. The largest absolute Gasteiger partial charge is 0.333 e. The van der Waals surface area contributed by atoms with Gasteiger partial charge in [-0.2, -0.15) is 0 Å². The Morgan fingerprint density at radius 2 is 1.88 bits per heavy atom. The summed E-state index contributed by atoms with van der Waals surface area (Å²) in [6, 6.07) is 13.6. The zero-order valence-corrected chi connectivity index (χ0v) is 14.3. The normalized spacial score (nSPS) is 22.8. The topological polar surface area (TPSA) is 53.5 Å². The standard InChI is InChI=1S/C20H21N3O2/c1-14-7-8-15(13-21-14)20(25)22-12-11-18-17(22)9-10-19(24)23(18)16-5-3-2-4-6-16/h2-8,13,17-18H,9-12H2,1H3/t17-,18-/m0/s1. The second-order valence-electron chi connectivity index (χ2n) is 6.75. The number of hydrogen-bond donors (Lipinski definition) is 0. The molecule has 2 fully saturated rings. The van der Waals surface area contributed by atoms with Gasteiger partial charge >= 0.3 is 0 Å². The van der Waals surface area contributed by atoms with Gasteiger partial charge in [-0.25, -0.2) is 0 Å². The predicted octanol–water partition coefficient (Wildman–Crippen LogP) is 2.80. The highest BCUT2D eigenvalue weighted by Crippen LogP contribution is 2.35. The Bertz CT molecular complexity index is 788. The van der Waals surface area contributed by atoms with E-state index in [0.717, 1.165) is 24.2 Å². The maximum Gasteiger partial charge on any atom is 0.255 e. The Morgan fingerprint density at radius 3 is 2.60 bits per heavy atom. The molecule has 128 valence electrons. The molecule has 1 aromatic carbocycles. The summed E-state index contributed by atoms with van der Waals surface area (Å²) >= 11 is 0. The quantitative estimate of drug-likeness (QED) is 0.848. The van der Waals surface area contributed by atoms with Crippen molar-refractivity contribution in [3.05, 3.63) is 59.9 Å². The number of carbonyl (C=O) groups is 2. The van der Waals surface area contributed by atoms with Gasteiger partial charge in [0.05, 0.1) is 17.6 Å². The maximum atomic E-state index is 12.9. The third-order valence-corrected chi connectivity index (χ3v) is 5.22. The van der Waals surface area contributed by atoms with E-state index in [1.54, 1.807) is 6.20 Å². The minimum atomic E-state index is 0.0161. The van der Waals surface area contributed by atoms with Crippen LogP contribution < -0.4 is 4.90 Å². The number of para-hydroxylation sites is 1. The number of aryl methyl sites for hydroxylation is 1. The van der Waals surface area contributed by atoms with E-state index < -0.39 is 0 Å². The number of nitrogens with zero attached hydrogens (tertiary/aromatic N) is 3. The Balaban J connectivity index is 1.60. The summed E-state index contributed by atoms with van der Waals surface area (Å²) < 4.78 is 0. The molecule has 0 bridgehead atoms. The van der Waals surface area contributed by atoms with Crippen molar-refractivity contribution in [3.63, 3.8) is 0 Å². The van der Waals surface area contributed by atoms with Crippen molar-refractivity contribution in [1.29, 1.82) is 0 Å². The number of carbonyl (C=O) groups excluding carboxylic acids is 2. The summed E-state index contributed by atoms with van der Waals surface area (Å²) in [6.07, 6.45) is 3.67. The molecule has 2 aliphatic rings. The van der Waals surface area contributed by atoms with Crippen molar-refractivity contribution in [1.82, 2.24) is 9.88 Å². The Labute approximate surface area is 147 Å². The van der Waals surface area contributed by atoms with E-state index in [2.05, 4.69) is 4.98 Å². The molecule has 0 N–H and O–H groups in total. The fourth-order valence-corrected chi connectivity index (χ4v) is 4.00. The van der Waals surface area contributed by atoms with Gasteiger partial charge in [0, 0.05) is 30.5 Å². The van der Waals surface area contributed by atoms with Gasteiger partial charge in [-0.3, -0.25) is 14.6 Å². The van der Waals surface area contributed by atoms with E-state index in [0.29, 0.717) is 18.5 Å². The Hall–Kier alpha value is -2.69. The first kappa shape index (κ1) is 15.8. The molecule has 2 aromatic rings. The average molecular weight is 335 g/mol. The van der Waals surface area contributed by atoms with Crippen LogP contribution in [0.5, 0.6) is 0 Å². The molecule has 4 rings (SSSR count). The van der Waals surface area contributed by atoms with Gasteiger partial charge in [0.15, 0.2) is 0 Å². The van der Waals surface area contributed by atoms with Crippen LogP contribution in [0.25, 0.3) is 0 Å². The minimum Gasteiger partial charge on any atom is -0.333 e. The molecule has 2 saturated heterocycles. The summed E-state index contributed by atoms with van der Waals surface area (Å²) in [6.45, 7) is 2.59. The van der Waals surface area contributed by atoms with Crippen LogP contribution in [0.3, 0.4) is 0 Å². The highest BCUT2D eigenvalue weighted by molar-refractivity contribution is 5.97. The van der Waals surface area contributed by atoms with Crippen LogP contribution >= 0.6 is 0 Å². The van der Waals surface area contributed by atoms with Gasteiger partial charge in [-0.15, -0.1) is 0 Å². The van der Waals surface area contributed by atoms with Crippen LogP contribution in [-0.2, 0) is 4.79 Å². The van der Waals surface area contributed by atoms with Crippen molar-refractivity contribution in [3.8, 4) is 0 Å². The smallest absolute Gasteiger partial charge is 0.255 e. The monoisotopic (exact) mass is 335 g/mol. The zero-order chi connectivity index (χ0) is 17.4. The van der Waals surface area contributed by atoms with Crippen LogP contribution in [0, 0.1) is 6.92 Å². The lowest BCUT2D eigenvalue weighted by Gasteiger charge is -2.39. The van der Waals surface area contributed by atoms with Crippen LogP contribution in [0.15, 0.2) is 48.7 Å². The number of benzene rings is 1. The molecule has 5 heteroatoms. The van der Waals surface area contributed by atoms with Crippen molar-refractivity contribution in [2.24, 2.45) is 0 Å². The van der Waals surface area contributed by atoms with E-state index in [4.69, 9.17) is 0 Å². The van der Waals surface area contributed by atoms with Gasteiger partial charge in [-0.05, 0) is 44.0 Å². The molecule has 1 aromatic heterocycles. The number of anilines is 1. The molecular weight excluding hydrogens is 314 g/mol. The number of pyridine rings is 1. The number of likely N-dealkylation sites (tertiary alicyclic amines) is 1. The van der Waals surface area contributed by atoms with Gasteiger partial charge in [0.2, 0.25) is 5.91 Å². The second kappa shape index (κ2) is 6.31. The third kappa shape index (κ3) is 2.80. The second-order valence-corrected chi connectivity index (χ2v) is 6.75. The SMILES string of the molecule is Cc1ccc(C(=O)N2CC[C@H]3[C@@H]2CCC(=O)N3c2ccccc2)cn1. The molecule has 2 amide bonds. The van der Waals surface area contributed by atoms with Gasteiger partial charge in [0.25, 0.3) is 5.91 Å². The van der Waals surface area contributed by atoms with Crippen LogP contribution in [-0.4, -0.2) is 40.3 Å². The molecule has 0 unspecified atom stereocenters. The number of amides is 2. The summed E-state index contributed by atoms with van der Waals surface area (Å²) in [7, 11) is 0. The molecule has 2 atom stereocenters. The van der Waals surface area contributed by atoms with E-state index in [9.17, 15) is 9.59 Å². The van der Waals surface area contributed by atoms with Gasteiger partial charge < -0.3 is 9.80 Å². The maximum absolute atomic E-state index is 12.9. The van der Waals surface area contributed by atoms with Crippen LogP contribution in [0.2, 0.25) is 0 Å². The number of piperidine rings is 1. The third-order valence-electron chi connectivity index (χ3n) is 5.22. The average Bonchev–Trinajstić information content (AvgIpc) is 3.06. The van der Waals surface area contributed by atoms with Crippen molar-refractivity contribution in [2.75, 3.05) is 11.4 Å². The highest BCUT2D eigenvalue weighted by atomic mass is 16.2. The lowest BCUT2D eigenvalue weighted by atomic mass is 9.95. The number of fused-ring (bicyclic) bond motifs is 1. The van der Waals surface area contributed by atoms with E-state index in [-0.39, 0.29) is 23.9 Å². The van der Waals surface area contributed by atoms with Crippen molar-refractivity contribution < 1.29 is 9.59 Å². The molecule has 3 heterocycles. The summed E-state index contributed by atoms with van der Waals surface area (Å²) in [5, 5.41) is 0. The summed E-state index contributed by atoms with van der Waals surface area (Å²) in [4.78, 5) is 33.5. The van der Waals surface area contributed by atoms with E-state index in [1.165, 1.54) is 0 Å². The molecule has 0 aliphatic carbocycles. The molecule has 5 nitrogen and oxygen atoms in total. The zero-order valence-electron chi connectivity index (χ0n) is 14.3. The predicted molar refractivity (Wildman–Crippen MR) is 95.4 cm³/mol. The molecule has 0 radical (unpaired) electrons. The van der Waals surface area contributed by atoms with Gasteiger partial charge in [-0.1, -0.05) is 18.2 Å². The molecule has 2 aliphatic heterocycles. The fraction of sp³-hybridized carbons (Fsp3) is 0.350. The lowest BCUT2D eigenvalue weighted by Crippen LogP contribution is -2.53. The van der Waals surface area contributed by atoms with Crippen molar-refractivity contribution in [2.45, 2.75) is 38.3 Å². The summed E-state index contributed by atoms with van der Waals surface area (Å²) in [5.41, 5.74) is 2.44. The van der Waals surface area contributed by atoms with Crippen LogP contribution in [0.4, 0.5) is 5.69 Å². The minimum absolute atomic E-state index is 0.0161. The first-order valence-electron chi connectivity index (χ1n) is 8.76. The molecule has 25 heavy (non-hydrogen) atoms. The van der Waals surface area contributed by atoms with Gasteiger partial charge in [0.1, 0.15) is 0 Å². The van der Waals surface area contributed by atoms with Crippen molar-refractivity contribution >= 4 is 17.5 Å². The Morgan fingerprint density at radius 1 is 1.08 bits per heavy atom. The first-order chi connectivity index (χ1) is 12.1. The Kier molecular flexibility index (Phi) is 3.99. The van der Waals surface area contributed by atoms with E-state index >= 15 is 0 Å². The lowest BCUT2D eigenvalue weighted by molar-refractivity contribution is -0.120. The van der Waals surface area contributed by atoms with Crippen LogP contribution in [0.1, 0.15) is 35.3 Å². The highest BCUT2D eigenvalue weighted by Gasteiger charge is 2.45. The van der Waals surface area contributed by atoms with E-state index in [1.807, 2.05) is 59.2 Å². The molecule has 0 spiro atoms. The summed E-state index contributed by atoms with van der Waals surface area (Å²) in [5.74, 6) is 0.168. The number of rotatable bonds is 2. The molecule has 0 saturated carbocycles. The number of aromatic nitrogens is 1. The number of hydrogen-bond acceptors (Lipinski definition) is 3. The fourth-order valence-electron chi connectivity index (χ4n) is 4.00.